The molecule has 0 saturated carbocycles. The zero-order valence-electron chi connectivity index (χ0n) is 10.7. The summed E-state index contributed by atoms with van der Waals surface area (Å²) < 4.78 is 0. The summed E-state index contributed by atoms with van der Waals surface area (Å²) in [7, 11) is 0. The molecule has 0 bridgehead atoms. The van der Waals surface area contributed by atoms with Crippen LogP contribution in [0.4, 0.5) is 0 Å². The number of nitrogens with zero attached hydrogens (tertiary/aromatic N) is 1. The average molecular weight is 221 g/mol. The van der Waals surface area contributed by atoms with Crippen LogP contribution < -0.4 is 0 Å². The van der Waals surface area contributed by atoms with Crippen LogP contribution in [0.25, 0.3) is 0 Å². The molecule has 1 N–H and O–H groups in total. The van der Waals surface area contributed by atoms with Crippen LogP contribution in [0.2, 0.25) is 0 Å². The first-order chi connectivity index (χ1) is 7.65. The van der Waals surface area contributed by atoms with E-state index in [1.54, 1.807) is 0 Å². The summed E-state index contributed by atoms with van der Waals surface area (Å²) >= 11 is 0. The second-order valence-electron chi connectivity index (χ2n) is 4.58. The minimum Gasteiger partial charge on any atom is -0.387 e. The van der Waals surface area contributed by atoms with E-state index < -0.39 is 6.10 Å². The predicted octanol–water partition coefficient (Wildman–Crippen LogP) is 3.70. The highest BCUT2D eigenvalue weighted by Gasteiger charge is 2.11. The van der Waals surface area contributed by atoms with Crippen molar-refractivity contribution < 1.29 is 5.11 Å². The molecule has 0 aromatic carbocycles. The lowest BCUT2D eigenvalue weighted by molar-refractivity contribution is 0.158. The predicted molar refractivity (Wildman–Crippen MR) is 67.4 cm³/mol. The molecule has 0 amide bonds. The van der Waals surface area contributed by atoms with Gasteiger partial charge in [0.1, 0.15) is 0 Å². The first-order valence-electron chi connectivity index (χ1n) is 6.26. The summed E-state index contributed by atoms with van der Waals surface area (Å²) in [4.78, 5) is 4.33. The highest BCUT2D eigenvalue weighted by Crippen LogP contribution is 2.21. The molecule has 0 spiro atoms. The van der Waals surface area contributed by atoms with Crippen LogP contribution in [-0.2, 0) is 0 Å². The Morgan fingerprint density at radius 3 is 2.62 bits per heavy atom. The van der Waals surface area contributed by atoms with Crippen LogP contribution in [0.5, 0.6) is 0 Å². The summed E-state index contributed by atoms with van der Waals surface area (Å²) in [6, 6.07) is 2.08. The van der Waals surface area contributed by atoms with Crippen molar-refractivity contribution in [3.8, 4) is 0 Å². The van der Waals surface area contributed by atoms with E-state index in [4.69, 9.17) is 0 Å². The molecule has 1 rings (SSSR count). The molecule has 90 valence electrons. The second kappa shape index (κ2) is 6.64. The molecule has 2 heteroatoms. The number of aliphatic hydroxyl groups is 1. The van der Waals surface area contributed by atoms with Crippen molar-refractivity contribution in [1.82, 2.24) is 4.98 Å². The fraction of sp³-hybridized carbons (Fsp3) is 0.643. The maximum atomic E-state index is 10.0. The number of aromatic nitrogens is 1. The summed E-state index contributed by atoms with van der Waals surface area (Å²) in [6.45, 7) is 6.24. The third-order valence-electron chi connectivity index (χ3n) is 2.90. The number of unbranched alkanes of at least 4 members (excludes halogenated alkanes) is 3. The molecule has 0 fully saturated rings. The van der Waals surface area contributed by atoms with Crippen molar-refractivity contribution >= 4 is 0 Å². The van der Waals surface area contributed by atoms with Gasteiger partial charge in [0.2, 0.25) is 0 Å². The maximum Gasteiger partial charge on any atom is 0.0962 e. The van der Waals surface area contributed by atoms with Gasteiger partial charge in [0.25, 0.3) is 0 Å². The number of rotatable bonds is 6. The number of hydrogen-bond acceptors (Lipinski definition) is 2. The Kier molecular flexibility index (Phi) is 5.47. The Labute approximate surface area is 98.7 Å². The minimum absolute atomic E-state index is 0.391. The Balaban J connectivity index is 2.49. The van der Waals surface area contributed by atoms with Crippen molar-refractivity contribution in [3.63, 3.8) is 0 Å². The molecule has 0 radical (unpaired) electrons. The average Bonchev–Trinajstić information content (AvgIpc) is 2.24. The molecule has 2 nitrogen and oxygen atoms in total. The second-order valence-corrected chi connectivity index (χ2v) is 4.58. The van der Waals surface area contributed by atoms with Crippen molar-refractivity contribution in [3.05, 3.63) is 29.1 Å². The zero-order chi connectivity index (χ0) is 12.0. The Bertz CT molecular complexity index is 323. The maximum absolute atomic E-state index is 10.0. The van der Waals surface area contributed by atoms with Gasteiger partial charge in [-0.05, 0) is 31.4 Å². The van der Waals surface area contributed by atoms with E-state index in [1.807, 2.05) is 20.0 Å². The Hall–Kier alpha value is -0.890. The third kappa shape index (κ3) is 3.93. The van der Waals surface area contributed by atoms with E-state index in [-0.39, 0.29) is 0 Å². The fourth-order valence-corrected chi connectivity index (χ4v) is 1.98. The van der Waals surface area contributed by atoms with E-state index in [9.17, 15) is 5.11 Å². The number of aliphatic hydroxyl groups excluding tert-OH is 1. The first kappa shape index (κ1) is 13.2. The molecule has 0 aliphatic rings. The summed E-state index contributed by atoms with van der Waals surface area (Å²) in [5.41, 5.74) is 3.10. The SMILES string of the molecule is CCCCCCC(O)c1ncc(C)cc1C. The lowest BCUT2D eigenvalue weighted by atomic mass is 10.0. The monoisotopic (exact) mass is 221 g/mol. The Morgan fingerprint density at radius 2 is 2.00 bits per heavy atom. The van der Waals surface area contributed by atoms with Crippen LogP contribution in [0.15, 0.2) is 12.3 Å². The fourth-order valence-electron chi connectivity index (χ4n) is 1.98. The number of hydrogen-bond donors (Lipinski definition) is 1. The molecule has 16 heavy (non-hydrogen) atoms. The largest absolute Gasteiger partial charge is 0.387 e. The number of aryl methyl sites for hydroxylation is 2. The molecule has 0 saturated heterocycles. The quantitative estimate of drug-likeness (QED) is 0.743. The smallest absolute Gasteiger partial charge is 0.0962 e. The van der Waals surface area contributed by atoms with Crippen LogP contribution in [0, 0.1) is 13.8 Å². The standard InChI is InChI=1S/C14H23NO/c1-4-5-6-7-8-13(16)14-12(3)9-11(2)10-15-14/h9-10,13,16H,4-8H2,1-3H3. The third-order valence-corrected chi connectivity index (χ3v) is 2.90. The summed E-state index contributed by atoms with van der Waals surface area (Å²) in [5.74, 6) is 0. The van der Waals surface area contributed by atoms with Gasteiger partial charge in [-0.3, -0.25) is 4.98 Å². The summed E-state index contributed by atoms with van der Waals surface area (Å²) in [5, 5.41) is 10.0. The minimum atomic E-state index is -0.391. The lowest BCUT2D eigenvalue weighted by Crippen LogP contribution is -2.03. The van der Waals surface area contributed by atoms with Crippen molar-refractivity contribution in [2.45, 2.75) is 59.0 Å². The van der Waals surface area contributed by atoms with E-state index >= 15 is 0 Å². The molecular weight excluding hydrogens is 198 g/mol. The van der Waals surface area contributed by atoms with Gasteiger partial charge in [0, 0.05) is 6.20 Å². The van der Waals surface area contributed by atoms with Crippen LogP contribution in [0.1, 0.15) is 62.0 Å². The molecular formula is C14H23NO. The molecule has 1 unspecified atom stereocenters. The molecule has 0 aliphatic carbocycles. The van der Waals surface area contributed by atoms with Crippen LogP contribution in [-0.4, -0.2) is 10.1 Å². The van der Waals surface area contributed by atoms with E-state index in [0.717, 1.165) is 29.7 Å². The van der Waals surface area contributed by atoms with E-state index in [2.05, 4.69) is 18.0 Å². The highest BCUT2D eigenvalue weighted by molar-refractivity contribution is 5.24. The molecule has 1 heterocycles. The van der Waals surface area contributed by atoms with Crippen LogP contribution in [0.3, 0.4) is 0 Å². The molecule has 1 atom stereocenters. The van der Waals surface area contributed by atoms with Crippen molar-refractivity contribution in [2.75, 3.05) is 0 Å². The summed E-state index contributed by atoms with van der Waals surface area (Å²) in [6.07, 6.45) is 7.06. The van der Waals surface area contributed by atoms with E-state index in [1.165, 1.54) is 19.3 Å². The van der Waals surface area contributed by atoms with Gasteiger partial charge in [0.05, 0.1) is 11.8 Å². The van der Waals surface area contributed by atoms with Gasteiger partial charge in [-0.1, -0.05) is 38.7 Å². The van der Waals surface area contributed by atoms with Gasteiger partial charge in [-0.25, -0.2) is 0 Å². The van der Waals surface area contributed by atoms with Crippen LogP contribution >= 0.6 is 0 Å². The van der Waals surface area contributed by atoms with Gasteiger partial charge in [-0.15, -0.1) is 0 Å². The van der Waals surface area contributed by atoms with Gasteiger partial charge >= 0.3 is 0 Å². The van der Waals surface area contributed by atoms with Gasteiger partial charge < -0.3 is 5.11 Å². The molecule has 1 aromatic rings. The molecule has 1 aromatic heterocycles. The van der Waals surface area contributed by atoms with Crippen molar-refractivity contribution in [1.29, 1.82) is 0 Å². The zero-order valence-corrected chi connectivity index (χ0v) is 10.7. The van der Waals surface area contributed by atoms with Crippen molar-refractivity contribution in [2.24, 2.45) is 0 Å². The topological polar surface area (TPSA) is 33.1 Å². The molecule has 0 aliphatic heterocycles. The lowest BCUT2D eigenvalue weighted by Gasteiger charge is -2.12. The number of pyridine rings is 1. The highest BCUT2D eigenvalue weighted by atomic mass is 16.3. The van der Waals surface area contributed by atoms with Gasteiger partial charge in [0.15, 0.2) is 0 Å². The Morgan fingerprint density at radius 1 is 1.25 bits per heavy atom. The normalized spacial score (nSPS) is 12.8. The first-order valence-corrected chi connectivity index (χ1v) is 6.26. The van der Waals surface area contributed by atoms with Gasteiger partial charge in [-0.2, -0.15) is 0 Å². The van der Waals surface area contributed by atoms with E-state index in [0.29, 0.717) is 0 Å².